The van der Waals surface area contributed by atoms with Gasteiger partial charge in [-0.2, -0.15) is 0 Å². The first-order valence-corrected chi connectivity index (χ1v) is 8.36. The molecule has 0 bridgehead atoms. The number of nitrogens with zero attached hydrogens (tertiary/aromatic N) is 4. The van der Waals surface area contributed by atoms with Crippen molar-refractivity contribution < 1.29 is 9.53 Å². The number of carbonyl (C=O) groups is 1. The van der Waals surface area contributed by atoms with Crippen molar-refractivity contribution in [2.45, 2.75) is 32.2 Å². The molecule has 128 valence electrons. The number of carbonyl (C=O) groups excluding carboxylic acids is 1. The van der Waals surface area contributed by atoms with Crippen LogP contribution in [0.25, 0.3) is 11.4 Å². The maximum Gasteiger partial charge on any atom is 0.225 e. The molecule has 0 saturated carbocycles. The number of rotatable bonds is 5. The Bertz CT molecular complexity index is 726. The minimum Gasteiger partial charge on any atom is -0.384 e. The molecule has 1 aliphatic heterocycles. The summed E-state index contributed by atoms with van der Waals surface area (Å²) in [5.74, 6) is 1.09. The normalized spacial score (nSPS) is 17.5. The zero-order chi connectivity index (χ0) is 17.1. The lowest BCUT2D eigenvalue weighted by molar-refractivity contribution is -0.133. The second-order valence-electron chi connectivity index (χ2n) is 6.19. The summed E-state index contributed by atoms with van der Waals surface area (Å²) in [5.41, 5.74) is 2.84. The molecule has 1 aliphatic rings. The Morgan fingerprint density at radius 1 is 1.42 bits per heavy atom. The van der Waals surface area contributed by atoms with Crippen molar-refractivity contribution in [3.05, 3.63) is 35.9 Å². The zero-order valence-electron chi connectivity index (χ0n) is 14.5. The Morgan fingerprint density at radius 3 is 2.96 bits per heavy atom. The van der Waals surface area contributed by atoms with Crippen LogP contribution in [0.2, 0.25) is 0 Å². The second kappa shape index (κ2) is 7.13. The minimum absolute atomic E-state index is 0.0589. The Balaban J connectivity index is 1.85. The van der Waals surface area contributed by atoms with Crippen molar-refractivity contribution in [1.82, 2.24) is 19.4 Å². The lowest BCUT2D eigenvalue weighted by Crippen LogP contribution is -2.31. The fourth-order valence-corrected chi connectivity index (χ4v) is 3.23. The molecule has 0 unspecified atom stereocenters. The van der Waals surface area contributed by atoms with Gasteiger partial charge in [-0.3, -0.25) is 4.79 Å². The summed E-state index contributed by atoms with van der Waals surface area (Å²) in [5, 5.41) is 0. The van der Waals surface area contributed by atoms with Crippen LogP contribution in [-0.4, -0.2) is 45.6 Å². The maximum atomic E-state index is 12.4. The quantitative estimate of drug-likeness (QED) is 0.846. The topological polar surface area (TPSA) is 60.2 Å². The van der Waals surface area contributed by atoms with Crippen LogP contribution in [-0.2, 0) is 16.6 Å². The lowest BCUT2D eigenvalue weighted by Gasteiger charge is -2.24. The largest absolute Gasteiger partial charge is 0.384 e. The van der Waals surface area contributed by atoms with Crippen LogP contribution in [0.5, 0.6) is 0 Å². The van der Waals surface area contributed by atoms with Crippen LogP contribution in [0.1, 0.15) is 36.8 Å². The van der Waals surface area contributed by atoms with Crippen molar-refractivity contribution in [1.29, 1.82) is 0 Å². The van der Waals surface area contributed by atoms with Gasteiger partial charge in [0.25, 0.3) is 0 Å². The van der Waals surface area contributed by atoms with E-state index < -0.39 is 0 Å². The molecular formula is C18H24N4O2. The van der Waals surface area contributed by atoms with E-state index in [1.807, 2.05) is 47.8 Å². The van der Waals surface area contributed by atoms with Crippen LogP contribution in [0.3, 0.4) is 0 Å². The van der Waals surface area contributed by atoms with Crippen LogP contribution in [0.15, 0.2) is 24.4 Å². The smallest absolute Gasteiger partial charge is 0.225 e. The van der Waals surface area contributed by atoms with Crippen molar-refractivity contribution >= 4 is 5.91 Å². The Labute approximate surface area is 142 Å². The molecule has 2 aromatic rings. The molecule has 3 heterocycles. The van der Waals surface area contributed by atoms with Crippen molar-refractivity contribution in [3.63, 3.8) is 0 Å². The van der Waals surface area contributed by atoms with Gasteiger partial charge in [0.1, 0.15) is 5.82 Å². The van der Waals surface area contributed by atoms with Crippen LogP contribution in [0, 0.1) is 6.92 Å². The van der Waals surface area contributed by atoms with Gasteiger partial charge in [0.05, 0.1) is 42.3 Å². The molecule has 6 nitrogen and oxygen atoms in total. The third kappa shape index (κ3) is 3.19. The van der Waals surface area contributed by atoms with Crippen molar-refractivity contribution in [2.24, 2.45) is 7.05 Å². The maximum absolute atomic E-state index is 12.4. The average molecular weight is 328 g/mol. The predicted octanol–water partition coefficient (Wildman–Crippen LogP) is 2.49. The third-order valence-electron chi connectivity index (χ3n) is 4.69. The molecule has 1 fully saturated rings. The van der Waals surface area contributed by atoms with Crippen LogP contribution < -0.4 is 0 Å². The Morgan fingerprint density at radius 2 is 2.25 bits per heavy atom. The first kappa shape index (κ1) is 16.6. The van der Waals surface area contributed by atoms with Gasteiger partial charge < -0.3 is 14.2 Å². The summed E-state index contributed by atoms with van der Waals surface area (Å²) in [7, 11) is 3.61. The predicted molar refractivity (Wildman–Crippen MR) is 91.4 cm³/mol. The van der Waals surface area contributed by atoms with Gasteiger partial charge in [-0.25, -0.2) is 9.97 Å². The van der Waals surface area contributed by atoms with Gasteiger partial charge in [0.15, 0.2) is 0 Å². The number of hydrogen-bond acceptors (Lipinski definition) is 4. The third-order valence-corrected chi connectivity index (χ3v) is 4.69. The second-order valence-corrected chi connectivity index (χ2v) is 6.19. The monoisotopic (exact) mass is 328 g/mol. The molecule has 0 aliphatic carbocycles. The number of aryl methyl sites for hydroxylation is 1. The number of pyridine rings is 1. The first-order valence-electron chi connectivity index (χ1n) is 8.36. The van der Waals surface area contributed by atoms with Crippen LogP contribution in [0.4, 0.5) is 0 Å². The molecule has 1 atom stereocenters. The summed E-state index contributed by atoms with van der Waals surface area (Å²) in [6.07, 6.45) is 4.24. The molecule has 2 aromatic heterocycles. The van der Waals surface area contributed by atoms with Gasteiger partial charge in [0.2, 0.25) is 5.91 Å². The molecule has 1 saturated heterocycles. The van der Waals surface area contributed by atoms with E-state index in [-0.39, 0.29) is 11.9 Å². The van der Waals surface area contributed by atoms with E-state index in [1.165, 1.54) is 0 Å². The highest BCUT2D eigenvalue weighted by atomic mass is 16.5. The molecule has 3 rings (SSSR count). The van der Waals surface area contributed by atoms with Gasteiger partial charge in [0, 0.05) is 20.7 Å². The zero-order valence-corrected chi connectivity index (χ0v) is 14.5. The van der Waals surface area contributed by atoms with E-state index in [0.717, 1.165) is 42.3 Å². The highest BCUT2D eigenvalue weighted by molar-refractivity contribution is 5.77. The molecule has 24 heavy (non-hydrogen) atoms. The number of likely N-dealkylation sites (tertiary alicyclic amines) is 1. The van der Waals surface area contributed by atoms with Gasteiger partial charge >= 0.3 is 0 Å². The van der Waals surface area contributed by atoms with Crippen molar-refractivity contribution in [2.75, 3.05) is 20.3 Å². The number of methoxy groups -OCH3 is 1. The van der Waals surface area contributed by atoms with Gasteiger partial charge in [-0.15, -0.1) is 0 Å². The number of hydrogen-bond donors (Lipinski definition) is 0. The van der Waals surface area contributed by atoms with E-state index in [2.05, 4.69) is 4.98 Å². The average Bonchev–Trinajstić information content (AvgIpc) is 3.21. The standard InChI is InChI=1S/C18H24N4O2/c1-13-19-12-17(21(13)2)15-7-4-6-14(20-15)16-8-5-10-22(16)18(23)9-11-24-3/h4,6-7,12,16H,5,8-11H2,1-3H3/t16-/m1/s1. The molecule has 0 aromatic carbocycles. The molecule has 1 amide bonds. The summed E-state index contributed by atoms with van der Waals surface area (Å²) in [6.45, 7) is 3.23. The van der Waals surface area contributed by atoms with Crippen molar-refractivity contribution in [3.8, 4) is 11.4 Å². The number of aromatic nitrogens is 3. The summed E-state index contributed by atoms with van der Waals surface area (Å²) < 4.78 is 7.06. The highest BCUT2D eigenvalue weighted by Gasteiger charge is 2.30. The highest BCUT2D eigenvalue weighted by Crippen LogP contribution is 2.32. The molecule has 0 radical (unpaired) electrons. The van der Waals surface area contributed by atoms with E-state index in [1.54, 1.807) is 7.11 Å². The Kier molecular flexibility index (Phi) is 4.94. The van der Waals surface area contributed by atoms with Gasteiger partial charge in [-0.1, -0.05) is 6.07 Å². The summed E-state index contributed by atoms with van der Waals surface area (Å²) >= 11 is 0. The fourth-order valence-electron chi connectivity index (χ4n) is 3.23. The lowest BCUT2D eigenvalue weighted by atomic mass is 10.1. The van der Waals surface area contributed by atoms with Gasteiger partial charge in [-0.05, 0) is 31.9 Å². The molecular weight excluding hydrogens is 304 g/mol. The number of ether oxygens (including phenoxy) is 1. The molecule has 0 N–H and O–H groups in total. The number of amides is 1. The van der Waals surface area contributed by atoms with E-state index >= 15 is 0 Å². The molecule has 6 heteroatoms. The molecule has 0 spiro atoms. The van der Waals surface area contributed by atoms with E-state index in [4.69, 9.17) is 9.72 Å². The van der Waals surface area contributed by atoms with E-state index in [9.17, 15) is 4.79 Å². The minimum atomic E-state index is 0.0589. The number of imidazole rings is 1. The SMILES string of the molecule is COCCC(=O)N1CCC[C@@H]1c1cccc(-c2cnc(C)n2C)n1. The first-order chi connectivity index (χ1) is 11.6. The van der Waals surface area contributed by atoms with Crippen LogP contribution >= 0.6 is 0 Å². The summed E-state index contributed by atoms with van der Waals surface area (Å²) in [4.78, 5) is 23.5. The Hall–Kier alpha value is -2.21. The van der Waals surface area contributed by atoms with E-state index in [0.29, 0.717) is 13.0 Å². The summed E-state index contributed by atoms with van der Waals surface area (Å²) in [6, 6.07) is 6.07. The fraction of sp³-hybridized carbons (Fsp3) is 0.500.